The number of rotatable bonds is 8. The van der Waals surface area contributed by atoms with Crippen LogP contribution in [-0.4, -0.2) is 55.1 Å². The topological polar surface area (TPSA) is 57.7 Å². The monoisotopic (exact) mass is 436 g/mol. The Morgan fingerprint density at radius 1 is 1.10 bits per heavy atom. The van der Waals surface area contributed by atoms with Gasteiger partial charge in [-0.1, -0.05) is 24.3 Å². The Labute approximate surface area is 187 Å². The Balaban J connectivity index is 1.19. The number of hydrogen-bond donors (Lipinski definition) is 1. The molecule has 7 heteroatoms. The second-order valence-electron chi connectivity index (χ2n) is 7.59. The van der Waals surface area contributed by atoms with E-state index in [1.165, 1.54) is 5.69 Å². The quantitative estimate of drug-likeness (QED) is 0.585. The van der Waals surface area contributed by atoms with E-state index in [2.05, 4.69) is 44.4 Å². The van der Waals surface area contributed by atoms with Crippen molar-refractivity contribution < 1.29 is 9.53 Å². The second-order valence-corrected chi connectivity index (χ2v) is 8.66. The van der Waals surface area contributed by atoms with Crippen molar-refractivity contribution in [3.63, 3.8) is 0 Å². The first-order chi connectivity index (χ1) is 15.2. The van der Waals surface area contributed by atoms with E-state index in [1.807, 2.05) is 36.6 Å². The van der Waals surface area contributed by atoms with Gasteiger partial charge in [0.2, 0.25) is 0 Å². The molecule has 1 aliphatic heterocycles. The summed E-state index contributed by atoms with van der Waals surface area (Å²) in [6.07, 6.45) is 0. The van der Waals surface area contributed by atoms with Crippen LogP contribution < -0.4 is 15.0 Å². The minimum Gasteiger partial charge on any atom is -0.487 e. The number of benzene rings is 2. The maximum absolute atomic E-state index is 12.5. The lowest BCUT2D eigenvalue weighted by molar-refractivity contribution is 0.0947. The highest BCUT2D eigenvalue weighted by atomic mass is 32.1. The number of carbonyl (C=O) groups is 1. The fourth-order valence-electron chi connectivity index (χ4n) is 3.66. The third-order valence-corrected chi connectivity index (χ3v) is 6.18. The van der Waals surface area contributed by atoms with Crippen LogP contribution in [0.1, 0.15) is 21.1 Å². The molecule has 0 saturated carbocycles. The molecule has 6 nitrogen and oxygen atoms in total. The Morgan fingerprint density at radius 3 is 2.65 bits per heavy atom. The zero-order valence-corrected chi connectivity index (χ0v) is 18.6. The predicted octanol–water partition coefficient (Wildman–Crippen LogP) is 3.58. The minimum atomic E-state index is -0.0714. The number of carbonyl (C=O) groups excluding carboxylic acids is 1. The third-order valence-electron chi connectivity index (χ3n) is 5.36. The molecule has 0 unspecified atom stereocenters. The lowest BCUT2D eigenvalue weighted by atomic mass is 10.2. The lowest BCUT2D eigenvalue weighted by Gasteiger charge is -2.36. The SMILES string of the molecule is Cc1nc(COc2cccc(C(=O)NCCN3CCN(c4ccccc4)CC3)c2)cs1. The van der Waals surface area contributed by atoms with Crippen molar-refractivity contribution in [1.82, 2.24) is 15.2 Å². The van der Waals surface area contributed by atoms with Crippen molar-refractivity contribution >= 4 is 22.9 Å². The van der Waals surface area contributed by atoms with Gasteiger partial charge in [-0.3, -0.25) is 9.69 Å². The standard InChI is InChI=1S/C24H28N4O2S/c1-19-26-21(18-31-19)17-30-23-9-5-6-20(16-23)24(29)25-10-11-27-12-14-28(15-13-27)22-7-3-2-4-8-22/h2-9,16,18H,10-15,17H2,1H3,(H,25,29). The van der Waals surface area contributed by atoms with Crippen molar-refractivity contribution in [2.45, 2.75) is 13.5 Å². The van der Waals surface area contributed by atoms with Crippen LogP contribution in [-0.2, 0) is 6.61 Å². The molecule has 1 aliphatic rings. The van der Waals surface area contributed by atoms with Crippen LogP contribution in [0.2, 0.25) is 0 Å². The molecular weight excluding hydrogens is 408 g/mol. The van der Waals surface area contributed by atoms with Crippen LogP contribution in [0.5, 0.6) is 5.75 Å². The van der Waals surface area contributed by atoms with Gasteiger partial charge in [-0.05, 0) is 37.3 Å². The molecule has 3 aromatic rings. The van der Waals surface area contributed by atoms with Gasteiger partial charge in [-0.25, -0.2) is 4.98 Å². The van der Waals surface area contributed by atoms with Gasteiger partial charge in [-0.2, -0.15) is 0 Å². The number of hydrogen-bond acceptors (Lipinski definition) is 6. The molecule has 0 radical (unpaired) electrons. The maximum atomic E-state index is 12.5. The summed E-state index contributed by atoms with van der Waals surface area (Å²) in [7, 11) is 0. The molecule has 1 saturated heterocycles. The average Bonchev–Trinajstić information content (AvgIpc) is 3.24. The van der Waals surface area contributed by atoms with Crippen LogP contribution in [0.4, 0.5) is 5.69 Å². The fraction of sp³-hybridized carbons (Fsp3) is 0.333. The number of para-hydroxylation sites is 1. The summed E-state index contributed by atoms with van der Waals surface area (Å²) < 4.78 is 5.79. The van der Waals surface area contributed by atoms with Gasteiger partial charge in [0.05, 0.1) is 10.7 Å². The van der Waals surface area contributed by atoms with E-state index in [1.54, 1.807) is 17.4 Å². The molecule has 0 spiro atoms. The summed E-state index contributed by atoms with van der Waals surface area (Å²) >= 11 is 1.61. The van der Waals surface area contributed by atoms with Crippen LogP contribution in [0.15, 0.2) is 60.0 Å². The van der Waals surface area contributed by atoms with E-state index in [9.17, 15) is 4.79 Å². The van der Waals surface area contributed by atoms with Crippen molar-refractivity contribution in [3.8, 4) is 5.75 Å². The van der Waals surface area contributed by atoms with Gasteiger partial charge in [0.1, 0.15) is 12.4 Å². The molecule has 1 amide bonds. The van der Waals surface area contributed by atoms with Gasteiger partial charge in [0.15, 0.2) is 0 Å². The van der Waals surface area contributed by atoms with Gasteiger partial charge in [0, 0.05) is 55.9 Å². The van der Waals surface area contributed by atoms with Gasteiger partial charge in [-0.15, -0.1) is 11.3 Å². The van der Waals surface area contributed by atoms with Crippen molar-refractivity contribution in [2.75, 3.05) is 44.2 Å². The zero-order valence-electron chi connectivity index (χ0n) is 17.8. The second kappa shape index (κ2) is 10.4. The Bertz CT molecular complexity index is 984. The highest BCUT2D eigenvalue weighted by Gasteiger charge is 2.17. The molecule has 2 heterocycles. The molecule has 2 aromatic carbocycles. The van der Waals surface area contributed by atoms with Crippen molar-refractivity contribution in [2.24, 2.45) is 0 Å². The molecular formula is C24H28N4O2S. The molecule has 1 N–H and O–H groups in total. The summed E-state index contributed by atoms with van der Waals surface area (Å²) in [4.78, 5) is 21.8. The average molecular weight is 437 g/mol. The smallest absolute Gasteiger partial charge is 0.251 e. The molecule has 1 aromatic heterocycles. The molecule has 0 aliphatic carbocycles. The number of nitrogens with one attached hydrogen (secondary N) is 1. The summed E-state index contributed by atoms with van der Waals surface area (Å²) in [5.41, 5.74) is 2.80. The number of anilines is 1. The summed E-state index contributed by atoms with van der Waals surface area (Å²) in [5, 5.41) is 6.05. The van der Waals surface area contributed by atoms with E-state index in [4.69, 9.17) is 4.74 Å². The molecule has 162 valence electrons. The highest BCUT2D eigenvalue weighted by molar-refractivity contribution is 7.09. The van der Waals surface area contributed by atoms with E-state index < -0.39 is 0 Å². The van der Waals surface area contributed by atoms with Crippen LogP contribution in [0.3, 0.4) is 0 Å². The molecule has 4 rings (SSSR count). The zero-order chi connectivity index (χ0) is 21.5. The summed E-state index contributed by atoms with van der Waals surface area (Å²) in [5.74, 6) is 0.605. The molecule has 0 bridgehead atoms. The van der Waals surface area contributed by atoms with Crippen LogP contribution in [0.25, 0.3) is 0 Å². The molecule has 0 atom stereocenters. The Kier molecular flexibility index (Phi) is 7.17. The lowest BCUT2D eigenvalue weighted by Crippen LogP contribution is -2.48. The van der Waals surface area contributed by atoms with Gasteiger partial charge in [0.25, 0.3) is 5.91 Å². The first kappa shape index (κ1) is 21.3. The van der Waals surface area contributed by atoms with Crippen molar-refractivity contribution in [3.05, 3.63) is 76.2 Å². The summed E-state index contributed by atoms with van der Waals surface area (Å²) in [6.45, 7) is 7.90. The first-order valence-electron chi connectivity index (χ1n) is 10.6. The normalized spacial score (nSPS) is 14.4. The number of amides is 1. The largest absolute Gasteiger partial charge is 0.487 e. The van der Waals surface area contributed by atoms with Crippen LogP contribution >= 0.6 is 11.3 Å². The maximum Gasteiger partial charge on any atom is 0.251 e. The number of thiazole rings is 1. The third kappa shape index (κ3) is 6.06. The molecule has 1 fully saturated rings. The molecule has 31 heavy (non-hydrogen) atoms. The summed E-state index contributed by atoms with van der Waals surface area (Å²) in [6, 6.07) is 17.8. The minimum absolute atomic E-state index is 0.0714. The fourth-order valence-corrected chi connectivity index (χ4v) is 4.25. The Morgan fingerprint density at radius 2 is 1.90 bits per heavy atom. The predicted molar refractivity (Wildman–Crippen MR) is 125 cm³/mol. The van der Waals surface area contributed by atoms with E-state index in [0.717, 1.165) is 43.4 Å². The number of piperazine rings is 1. The highest BCUT2D eigenvalue weighted by Crippen LogP contribution is 2.17. The number of nitrogens with zero attached hydrogens (tertiary/aromatic N) is 3. The van der Waals surface area contributed by atoms with E-state index in [-0.39, 0.29) is 5.91 Å². The van der Waals surface area contributed by atoms with Gasteiger partial charge >= 0.3 is 0 Å². The van der Waals surface area contributed by atoms with E-state index in [0.29, 0.717) is 24.5 Å². The first-order valence-corrected chi connectivity index (χ1v) is 11.5. The van der Waals surface area contributed by atoms with Gasteiger partial charge < -0.3 is 15.0 Å². The Hall–Kier alpha value is -2.90. The number of ether oxygens (including phenoxy) is 1. The number of aromatic nitrogens is 1. The van der Waals surface area contributed by atoms with E-state index >= 15 is 0 Å². The number of aryl methyl sites for hydroxylation is 1. The van der Waals surface area contributed by atoms with Crippen molar-refractivity contribution in [1.29, 1.82) is 0 Å². The van der Waals surface area contributed by atoms with Crippen LogP contribution in [0, 0.1) is 6.92 Å².